The summed E-state index contributed by atoms with van der Waals surface area (Å²) in [6, 6.07) is 5.03. The number of carbonyl (C=O) groups is 1. The van der Waals surface area contributed by atoms with Crippen molar-refractivity contribution in [1.29, 1.82) is 0 Å². The molecule has 0 saturated heterocycles. The van der Waals surface area contributed by atoms with E-state index in [0.717, 1.165) is 24.9 Å². The average Bonchev–Trinajstić information content (AvgIpc) is 2.30. The highest BCUT2D eigenvalue weighted by atomic mass is 16.3. The second-order valence-corrected chi connectivity index (χ2v) is 3.67. The van der Waals surface area contributed by atoms with Crippen LogP contribution in [0.5, 0.6) is 5.75 Å². The predicted octanol–water partition coefficient (Wildman–Crippen LogP) is 1.41. The molecule has 3 heteroatoms. The quantitative estimate of drug-likeness (QED) is 0.673. The van der Waals surface area contributed by atoms with E-state index in [2.05, 4.69) is 0 Å². The van der Waals surface area contributed by atoms with E-state index in [1.807, 2.05) is 6.07 Å². The number of amides is 1. The Labute approximate surface area is 83.0 Å². The molecule has 0 aliphatic carbocycles. The minimum absolute atomic E-state index is 0.00778. The van der Waals surface area contributed by atoms with Crippen molar-refractivity contribution in [3.8, 4) is 5.75 Å². The summed E-state index contributed by atoms with van der Waals surface area (Å²) in [5.41, 5.74) is 1.68. The lowest BCUT2D eigenvalue weighted by molar-refractivity contribution is 0.0799. The number of rotatable bonds is 0. The average molecular weight is 191 g/mol. The third kappa shape index (κ3) is 1.45. The molecule has 0 spiro atoms. The molecule has 1 aromatic carbocycles. The zero-order valence-corrected chi connectivity index (χ0v) is 8.16. The first-order chi connectivity index (χ1) is 6.68. The van der Waals surface area contributed by atoms with Gasteiger partial charge >= 0.3 is 0 Å². The van der Waals surface area contributed by atoms with E-state index in [1.54, 1.807) is 24.1 Å². The number of carbonyl (C=O) groups excluding carboxylic acids is 1. The molecule has 74 valence electrons. The third-order valence-corrected chi connectivity index (χ3v) is 2.61. The largest absolute Gasteiger partial charge is 0.508 e. The molecular formula is C11H13NO2. The van der Waals surface area contributed by atoms with E-state index in [1.165, 1.54) is 0 Å². The zero-order chi connectivity index (χ0) is 10.1. The number of phenolic OH excluding ortho intramolecular Hbond substituents is 1. The Balaban J connectivity index is 2.50. The lowest BCUT2D eigenvalue weighted by Gasteiger charge is -2.13. The summed E-state index contributed by atoms with van der Waals surface area (Å²) in [4.78, 5) is 13.5. The van der Waals surface area contributed by atoms with Crippen molar-refractivity contribution in [2.45, 2.75) is 12.8 Å². The van der Waals surface area contributed by atoms with Gasteiger partial charge in [-0.3, -0.25) is 4.79 Å². The van der Waals surface area contributed by atoms with Gasteiger partial charge in [-0.25, -0.2) is 0 Å². The molecule has 0 bridgehead atoms. The molecule has 1 heterocycles. The van der Waals surface area contributed by atoms with Gasteiger partial charge in [0.25, 0.3) is 5.91 Å². The van der Waals surface area contributed by atoms with Crippen LogP contribution >= 0.6 is 0 Å². The smallest absolute Gasteiger partial charge is 0.254 e. The molecule has 1 aliphatic heterocycles. The normalized spacial score (nSPS) is 16.4. The van der Waals surface area contributed by atoms with Crippen LogP contribution in [0.4, 0.5) is 0 Å². The highest BCUT2D eigenvalue weighted by Gasteiger charge is 2.19. The minimum Gasteiger partial charge on any atom is -0.508 e. The Hall–Kier alpha value is -1.51. The molecule has 3 nitrogen and oxygen atoms in total. The van der Waals surface area contributed by atoms with E-state index < -0.39 is 0 Å². The molecule has 0 aromatic heterocycles. The molecule has 1 amide bonds. The maximum absolute atomic E-state index is 11.8. The molecule has 0 saturated carbocycles. The zero-order valence-electron chi connectivity index (χ0n) is 8.16. The minimum atomic E-state index is 0.00778. The van der Waals surface area contributed by atoms with Gasteiger partial charge in [-0.05, 0) is 30.5 Å². The fraction of sp³-hybridized carbons (Fsp3) is 0.364. The SMILES string of the molecule is CN1CCCc2ccc(O)cc2C1=O. The summed E-state index contributed by atoms with van der Waals surface area (Å²) < 4.78 is 0. The van der Waals surface area contributed by atoms with Crippen molar-refractivity contribution < 1.29 is 9.90 Å². The summed E-state index contributed by atoms with van der Waals surface area (Å²) in [5, 5.41) is 9.31. The Morgan fingerprint density at radius 1 is 1.43 bits per heavy atom. The fourth-order valence-corrected chi connectivity index (χ4v) is 1.80. The number of benzene rings is 1. The number of hydrogen-bond acceptors (Lipinski definition) is 2. The fourth-order valence-electron chi connectivity index (χ4n) is 1.80. The van der Waals surface area contributed by atoms with Gasteiger partial charge in [0.15, 0.2) is 0 Å². The van der Waals surface area contributed by atoms with Crippen molar-refractivity contribution in [3.05, 3.63) is 29.3 Å². The molecule has 0 fully saturated rings. The Morgan fingerprint density at radius 2 is 2.21 bits per heavy atom. The molecular weight excluding hydrogens is 178 g/mol. The summed E-state index contributed by atoms with van der Waals surface area (Å²) in [7, 11) is 1.79. The number of hydrogen-bond donors (Lipinski definition) is 1. The van der Waals surface area contributed by atoms with Crippen molar-refractivity contribution in [2.75, 3.05) is 13.6 Å². The van der Waals surface area contributed by atoms with E-state index in [-0.39, 0.29) is 11.7 Å². The topological polar surface area (TPSA) is 40.5 Å². The summed E-state index contributed by atoms with van der Waals surface area (Å²) >= 11 is 0. The van der Waals surface area contributed by atoms with Crippen LogP contribution in [0.15, 0.2) is 18.2 Å². The Morgan fingerprint density at radius 3 is 3.00 bits per heavy atom. The van der Waals surface area contributed by atoms with Crippen LogP contribution in [-0.4, -0.2) is 29.5 Å². The second kappa shape index (κ2) is 3.33. The molecule has 1 N–H and O–H groups in total. The van der Waals surface area contributed by atoms with Gasteiger partial charge in [0.05, 0.1) is 0 Å². The Kier molecular flexibility index (Phi) is 2.15. The molecule has 1 aromatic rings. The van der Waals surface area contributed by atoms with E-state index >= 15 is 0 Å². The number of nitrogens with zero attached hydrogens (tertiary/aromatic N) is 1. The van der Waals surface area contributed by atoms with Crippen LogP contribution in [0.25, 0.3) is 0 Å². The number of phenols is 1. The van der Waals surface area contributed by atoms with Gasteiger partial charge in [-0.15, -0.1) is 0 Å². The second-order valence-electron chi connectivity index (χ2n) is 3.67. The van der Waals surface area contributed by atoms with Crippen molar-refractivity contribution in [3.63, 3.8) is 0 Å². The maximum atomic E-state index is 11.8. The van der Waals surface area contributed by atoms with Gasteiger partial charge < -0.3 is 10.0 Å². The van der Waals surface area contributed by atoms with Crippen LogP contribution in [0, 0.1) is 0 Å². The van der Waals surface area contributed by atoms with Crippen LogP contribution in [-0.2, 0) is 6.42 Å². The van der Waals surface area contributed by atoms with Crippen molar-refractivity contribution in [1.82, 2.24) is 4.90 Å². The summed E-state index contributed by atoms with van der Waals surface area (Å²) in [5.74, 6) is 0.167. The van der Waals surface area contributed by atoms with E-state index in [0.29, 0.717) is 5.56 Å². The number of aryl methyl sites for hydroxylation is 1. The van der Waals surface area contributed by atoms with Gasteiger partial charge in [0.2, 0.25) is 0 Å². The van der Waals surface area contributed by atoms with Gasteiger partial charge in [0.1, 0.15) is 5.75 Å². The first kappa shape index (κ1) is 9.06. The van der Waals surface area contributed by atoms with Gasteiger partial charge in [-0.2, -0.15) is 0 Å². The van der Waals surface area contributed by atoms with Crippen LogP contribution in [0.2, 0.25) is 0 Å². The lowest BCUT2D eigenvalue weighted by Crippen LogP contribution is -2.26. The highest BCUT2D eigenvalue weighted by Crippen LogP contribution is 2.22. The molecule has 0 unspecified atom stereocenters. The van der Waals surface area contributed by atoms with Crippen LogP contribution in [0.3, 0.4) is 0 Å². The van der Waals surface area contributed by atoms with Gasteiger partial charge in [0, 0.05) is 19.2 Å². The summed E-state index contributed by atoms with van der Waals surface area (Å²) in [6.07, 6.45) is 1.89. The maximum Gasteiger partial charge on any atom is 0.254 e. The van der Waals surface area contributed by atoms with Gasteiger partial charge in [-0.1, -0.05) is 6.07 Å². The first-order valence-corrected chi connectivity index (χ1v) is 4.76. The molecule has 2 rings (SSSR count). The van der Waals surface area contributed by atoms with Crippen LogP contribution < -0.4 is 0 Å². The lowest BCUT2D eigenvalue weighted by atomic mass is 10.0. The predicted molar refractivity (Wildman–Crippen MR) is 53.4 cm³/mol. The number of fused-ring (bicyclic) bond motifs is 1. The third-order valence-electron chi connectivity index (χ3n) is 2.61. The summed E-state index contributed by atoms with van der Waals surface area (Å²) in [6.45, 7) is 0.786. The molecule has 0 atom stereocenters. The van der Waals surface area contributed by atoms with Crippen molar-refractivity contribution >= 4 is 5.91 Å². The first-order valence-electron chi connectivity index (χ1n) is 4.76. The molecule has 14 heavy (non-hydrogen) atoms. The molecule has 1 aliphatic rings. The van der Waals surface area contributed by atoms with Crippen LogP contribution in [0.1, 0.15) is 22.3 Å². The van der Waals surface area contributed by atoms with E-state index in [9.17, 15) is 9.90 Å². The molecule has 0 radical (unpaired) electrons. The number of aromatic hydroxyl groups is 1. The monoisotopic (exact) mass is 191 g/mol. The highest BCUT2D eigenvalue weighted by molar-refractivity contribution is 5.96. The Bertz CT molecular complexity index is 374. The van der Waals surface area contributed by atoms with E-state index in [4.69, 9.17) is 0 Å². The van der Waals surface area contributed by atoms with Crippen molar-refractivity contribution in [2.24, 2.45) is 0 Å². The standard InChI is InChI=1S/C11H13NO2/c1-12-6-2-3-8-4-5-9(13)7-10(8)11(12)14/h4-5,7,13H,2-3,6H2,1H3.